The second kappa shape index (κ2) is 5.34. The van der Waals surface area contributed by atoms with Gasteiger partial charge in [0.1, 0.15) is 5.54 Å². The van der Waals surface area contributed by atoms with E-state index in [0.29, 0.717) is 12.0 Å². The monoisotopic (exact) mass is 276 g/mol. The number of rotatable bonds is 3. The third-order valence-corrected chi connectivity index (χ3v) is 5.56. The van der Waals surface area contributed by atoms with Gasteiger partial charge in [-0.15, -0.1) is 0 Å². The van der Waals surface area contributed by atoms with E-state index < -0.39 is 5.54 Å². The van der Waals surface area contributed by atoms with Gasteiger partial charge in [0.25, 0.3) is 0 Å². The van der Waals surface area contributed by atoms with Crippen LogP contribution in [0.5, 0.6) is 0 Å². The number of hydrogen-bond acceptors (Lipinski definition) is 4. The summed E-state index contributed by atoms with van der Waals surface area (Å²) in [5, 5.41) is 12.3. The standard InChI is InChI=1S/C15H24N4O/c16-10-15(17)6-1-3-11(15)5-8-19-7-2-4-12-13(19)9-18-14(12)20/h11-13H,1-9,17H2,(H,18,20). The summed E-state index contributed by atoms with van der Waals surface area (Å²) in [6, 6.07) is 2.69. The summed E-state index contributed by atoms with van der Waals surface area (Å²) in [6.07, 6.45) is 6.09. The highest BCUT2D eigenvalue weighted by atomic mass is 16.2. The minimum Gasteiger partial charge on any atom is -0.354 e. The maximum atomic E-state index is 11.8. The first-order chi connectivity index (χ1) is 9.64. The van der Waals surface area contributed by atoms with Crippen molar-refractivity contribution in [2.75, 3.05) is 19.6 Å². The Morgan fingerprint density at radius 1 is 1.45 bits per heavy atom. The number of carbonyl (C=O) groups is 1. The molecule has 3 aliphatic rings. The number of nitrogens with zero attached hydrogens (tertiary/aromatic N) is 2. The minimum absolute atomic E-state index is 0.186. The maximum absolute atomic E-state index is 11.8. The van der Waals surface area contributed by atoms with Crippen LogP contribution in [0.3, 0.4) is 0 Å². The Morgan fingerprint density at radius 2 is 2.30 bits per heavy atom. The van der Waals surface area contributed by atoms with Crippen molar-refractivity contribution in [2.24, 2.45) is 17.6 Å². The van der Waals surface area contributed by atoms with E-state index in [0.717, 1.165) is 58.2 Å². The molecule has 3 fully saturated rings. The zero-order valence-corrected chi connectivity index (χ0v) is 12.0. The molecular formula is C15H24N4O. The Morgan fingerprint density at radius 3 is 3.10 bits per heavy atom. The first-order valence-corrected chi connectivity index (χ1v) is 7.86. The van der Waals surface area contributed by atoms with E-state index in [4.69, 9.17) is 5.73 Å². The second-order valence-electron chi connectivity index (χ2n) is 6.63. The number of carbonyl (C=O) groups excluding carboxylic acids is 1. The van der Waals surface area contributed by atoms with Gasteiger partial charge in [-0.3, -0.25) is 9.69 Å². The van der Waals surface area contributed by atoms with Crippen LogP contribution in [0.1, 0.15) is 38.5 Å². The highest BCUT2D eigenvalue weighted by Gasteiger charge is 2.43. The van der Waals surface area contributed by atoms with E-state index in [1.807, 2.05) is 0 Å². The fourth-order valence-electron chi connectivity index (χ4n) is 4.29. The summed E-state index contributed by atoms with van der Waals surface area (Å²) >= 11 is 0. The average Bonchev–Trinajstić information content (AvgIpc) is 3.02. The number of nitriles is 1. The van der Waals surface area contributed by atoms with Crippen LogP contribution in [-0.4, -0.2) is 42.0 Å². The van der Waals surface area contributed by atoms with Crippen LogP contribution < -0.4 is 11.1 Å². The van der Waals surface area contributed by atoms with Crippen molar-refractivity contribution in [3.05, 3.63) is 0 Å². The topological polar surface area (TPSA) is 82.2 Å². The lowest BCUT2D eigenvalue weighted by Gasteiger charge is -2.37. The lowest BCUT2D eigenvalue weighted by atomic mass is 9.86. The molecule has 1 aliphatic carbocycles. The molecule has 2 saturated heterocycles. The van der Waals surface area contributed by atoms with Gasteiger partial charge < -0.3 is 11.1 Å². The van der Waals surface area contributed by atoms with Gasteiger partial charge in [0.05, 0.1) is 12.0 Å². The molecule has 4 atom stereocenters. The van der Waals surface area contributed by atoms with Crippen LogP contribution >= 0.6 is 0 Å². The van der Waals surface area contributed by atoms with E-state index in [-0.39, 0.29) is 11.8 Å². The lowest BCUT2D eigenvalue weighted by Crippen LogP contribution is -2.48. The molecule has 4 unspecified atom stereocenters. The van der Waals surface area contributed by atoms with Gasteiger partial charge in [-0.1, -0.05) is 6.42 Å². The van der Waals surface area contributed by atoms with Gasteiger partial charge in [0.2, 0.25) is 5.91 Å². The van der Waals surface area contributed by atoms with E-state index >= 15 is 0 Å². The number of likely N-dealkylation sites (tertiary alicyclic amines) is 1. The maximum Gasteiger partial charge on any atom is 0.224 e. The number of nitrogens with one attached hydrogen (secondary N) is 1. The zero-order chi connectivity index (χ0) is 14.2. The molecular weight excluding hydrogens is 252 g/mol. The molecule has 2 heterocycles. The van der Waals surface area contributed by atoms with Crippen LogP contribution in [0.2, 0.25) is 0 Å². The molecule has 20 heavy (non-hydrogen) atoms. The molecule has 3 N–H and O–H groups in total. The number of piperidine rings is 1. The SMILES string of the molecule is N#CC1(N)CCCC1CCN1CCCC2C(=O)NCC21. The van der Waals surface area contributed by atoms with Crippen molar-refractivity contribution < 1.29 is 4.79 Å². The predicted molar refractivity (Wildman–Crippen MR) is 75.6 cm³/mol. The van der Waals surface area contributed by atoms with E-state index in [1.165, 1.54) is 0 Å². The third kappa shape index (κ3) is 2.32. The summed E-state index contributed by atoms with van der Waals surface area (Å²) in [5.74, 6) is 0.731. The zero-order valence-electron chi connectivity index (χ0n) is 12.0. The highest BCUT2D eigenvalue weighted by molar-refractivity contribution is 5.82. The van der Waals surface area contributed by atoms with Crippen molar-refractivity contribution in [1.82, 2.24) is 10.2 Å². The summed E-state index contributed by atoms with van der Waals surface area (Å²) in [7, 11) is 0. The first kappa shape index (κ1) is 13.8. The molecule has 0 spiro atoms. The van der Waals surface area contributed by atoms with Crippen molar-refractivity contribution in [2.45, 2.75) is 50.1 Å². The minimum atomic E-state index is -0.612. The smallest absolute Gasteiger partial charge is 0.224 e. The molecule has 5 nitrogen and oxygen atoms in total. The number of nitrogens with two attached hydrogens (primary N) is 1. The van der Waals surface area contributed by atoms with E-state index in [2.05, 4.69) is 16.3 Å². The Bertz CT molecular complexity index is 432. The molecule has 0 bridgehead atoms. The molecule has 0 aromatic rings. The third-order valence-electron chi connectivity index (χ3n) is 5.56. The van der Waals surface area contributed by atoms with Gasteiger partial charge in [0, 0.05) is 12.6 Å². The molecule has 0 aromatic heterocycles. The van der Waals surface area contributed by atoms with Crippen molar-refractivity contribution in [3.8, 4) is 6.07 Å². The van der Waals surface area contributed by atoms with Crippen LogP contribution in [0, 0.1) is 23.2 Å². The van der Waals surface area contributed by atoms with E-state index in [1.54, 1.807) is 0 Å². The van der Waals surface area contributed by atoms with Gasteiger partial charge in [-0.2, -0.15) is 5.26 Å². The van der Waals surface area contributed by atoms with Crippen molar-refractivity contribution >= 4 is 5.91 Å². The lowest BCUT2D eigenvalue weighted by molar-refractivity contribution is -0.124. The quantitative estimate of drug-likeness (QED) is 0.791. The highest BCUT2D eigenvalue weighted by Crippen LogP contribution is 2.36. The fourth-order valence-corrected chi connectivity index (χ4v) is 4.29. The van der Waals surface area contributed by atoms with Crippen molar-refractivity contribution in [3.63, 3.8) is 0 Å². The first-order valence-electron chi connectivity index (χ1n) is 7.86. The van der Waals surface area contributed by atoms with Crippen LogP contribution in [-0.2, 0) is 4.79 Å². The van der Waals surface area contributed by atoms with Crippen LogP contribution in [0.25, 0.3) is 0 Å². The number of hydrogen-bond donors (Lipinski definition) is 2. The molecule has 1 saturated carbocycles. The summed E-state index contributed by atoms with van der Waals surface area (Å²) in [6.45, 7) is 2.84. The molecule has 1 amide bonds. The van der Waals surface area contributed by atoms with E-state index in [9.17, 15) is 10.1 Å². The summed E-state index contributed by atoms with van der Waals surface area (Å²) in [4.78, 5) is 14.2. The van der Waals surface area contributed by atoms with Crippen LogP contribution in [0.15, 0.2) is 0 Å². The van der Waals surface area contributed by atoms with Crippen LogP contribution in [0.4, 0.5) is 0 Å². The molecule has 0 aromatic carbocycles. The second-order valence-corrected chi connectivity index (χ2v) is 6.63. The molecule has 0 radical (unpaired) electrons. The van der Waals surface area contributed by atoms with Crippen molar-refractivity contribution in [1.29, 1.82) is 5.26 Å². The Balaban J connectivity index is 1.58. The number of amides is 1. The molecule has 2 aliphatic heterocycles. The normalized spacial score (nSPS) is 41.2. The van der Waals surface area contributed by atoms with Gasteiger partial charge >= 0.3 is 0 Å². The predicted octanol–water partition coefficient (Wildman–Crippen LogP) is 0.608. The summed E-state index contributed by atoms with van der Waals surface area (Å²) in [5.41, 5.74) is 5.59. The Kier molecular flexibility index (Phi) is 3.70. The molecule has 110 valence electrons. The Labute approximate surface area is 120 Å². The van der Waals surface area contributed by atoms with Gasteiger partial charge in [-0.25, -0.2) is 0 Å². The molecule has 3 rings (SSSR count). The summed E-state index contributed by atoms with van der Waals surface area (Å²) < 4.78 is 0. The largest absolute Gasteiger partial charge is 0.354 e. The fraction of sp³-hybridized carbons (Fsp3) is 0.867. The van der Waals surface area contributed by atoms with Gasteiger partial charge in [0.15, 0.2) is 0 Å². The number of fused-ring (bicyclic) bond motifs is 1. The van der Waals surface area contributed by atoms with Gasteiger partial charge in [-0.05, 0) is 51.1 Å². The molecule has 5 heteroatoms. The Hall–Kier alpha value is -1.12. The average molecular weight is 276 g/mol.